The minimum atomic E-state index is 0.0524. The fraction of sp³-hybridized carbons (Fsp3) is 0.500. The Labute approximate surface area is 164 Å². The van der Waals surface area contributed by atoms with Crippen molar-refractivity contribution in [3.05, 3.63) is 45.9 Å². The molecule has 7 heteroatoms. The van der Waals surface area contributed by atoms with Gasteiger partial charge >= 0.3 is 0 Å². The largest absolute Gasteiger partial charge is 0.493 e. The van der Waals surface area contributed by atoms with Crippen LogP contribution in [0.2, 0.25) is 0 Å². The Bertz CT molecular complexity index is 786. The molecule has 144 valence electrons. The van der Waals surface area contributed by atoms with Crippen molar-refractivity contribution in [2.24, 2.45) is 0 Å². The molecule has 1 aromatic heterocycles. The Kier molecular flexibility index (Phi) is 5.71. The highest BCUT2D eigenvalue weighted by Gasteiger charge is 2.24. The molecule has 1 amide bonds. The molecule has 0 spiro atoms. The number of aromatic nitrogens is 1. The standard InChI is InChI=1S/C20H26N4O2S/c1-15-21-16(14-27-15)12-23-7-9-24(10-8-23)13-20(25)22-18-6-11-26-19-5-3-2-4-17(18)19/h2-5,14,18H,6-13H2,1H3,(H,22,25). The first-order valence-electron chi connectivity index (χ1n) is 9.54. The first-order valence-corrected chi connectivity index (χ1v) is 10.4. The van der Waals surface area contributed by atoms with Crippen molar-refractivity contribution in [3.8, 4) is 5.75 Å². The fourth-order valence-electron chi connectivity index (χ4n) is 3.75. The smallest absolute Gasteiger partial charge is 0.234 e. The molecule has 2 aliphatic heterocycles. The number of fused-ring (bicyclic) bond motifs is 1. The number of hydrogen-bond donors (Lipinski definition) is 1. The van der Waals surface area contributed by atoms with Gasteiger partial charge in [-0.1, -0.05) is 18.2 Å². The second-order valence-corrected chi connectivity index (χ2v) is 8.27. The van der Waals surface area contributed by atoms with Crippen molar-refractivity contribution in [1.29, 1.82) is 0 Å². The molecule has 1 aromatic carbocycles. The topological polar surface area (TPSA) is 57.7 Å². The average molecular weight is 387 g/mol. The summed E-state index contributed by atoms with van der Waals surface area (Å²) in [5.74, 6) is 0.986. The molecule has 0 aliphatic carbocycles. The Morgan fingerprint density at radius 1 is 1.26 bits per heavy atom. The number of para-hydroxylation sites is 1. The Balaban J connectivity index is 1.24. The van der Waals surface area contributed by atoms with Gasteiger partial charge < -0.3 is 10.1 Å². The van der Waals surface area contributed by atoms with E-state index in [1.165, 1.54) is 0 Å². The van der Waals surface area contributed by atoms with Crippen LogP contribution in [0.1, 0.15) is 28.7 Å². The molecule has 2 aliphatic rings. The average Bonchev–Trinajstić information content (AvgIpc) is 3.08. The Morgan fingerprint density at radius 3 is 2.81 bits per heavy atom. The zero-order valence-corrected chi connectivity index (χ0v) is 16.5. The second kappa shape index (κ2) is 8.37. The van der Waals surface area contributed by atoms with Crippen molar-refractivity contribution in [2.75, 3.05) is 39.3 Å². The number of thiazole rings is 1. The summed E-state index contributed by atoms with van der Waals surface area (Å²) < 4.78 is 5.68. The van der Waals surface area contributed by atoms with Crippen molar-refractivity contribution < 1.29 is 9.53 Å². The fourth-order valence-corrected chi connectivity index (χ4v) is 4.35. The van der Waals surface area contributed by atoms with Crippen LogP contribution in [0.4, 0.5) is 0 Å². The van der Waals surface area contributed by atoms with Gasteiger partial charge in [-0.3, -0.25) is 14.6 Å². The van der Waals surface area contributed by atoms with Crippen molar-refractivity contribution in [3.63, 3.8) is 0 Å². The molecule has 0 bridgehead atoms. The highest BCUT2D eigenvalue weighted by molar-refractivity contribution is 7.09. The molecule has 6 nitrogen and oxygen atoms in total. The molecule has 2 aromatic rings. The van der Waals surface area contributed by atoms with Crippen molar-refractivity contribution >= 4 is 17.2 Å². The molecule has 1 N–H and O–H groups in total. The summed E-state index contributed by atoms with van der Waals surface area (Å²) in [5, 5.41) is 6.45. The monoisotopic (exact) mass is 386 g/mol. The van der Waals surface area contributed by atoms with Crippen LogP contribution in [0, 0.1) is 6.92 Å². The van der Waals surface area contributed by atoms with Crippen LogP contribution in [-0.4, -0.2) is 60.0 Å². The molecular formula is C20H26N4O2S. The van der Waals surface area contributed by atoms with Crippen LogP contribution in [0.25, 0.3) is 0 Å². The van der Waals surface area contributed by atoms with Gasteiger partial charge in [0.15, 0.2) is 0 Å². The summed E-state index contributed by atoms with van der Waals surface area (Å²) >= 11 is 1.70. The van der Waals surface area contributed by atoms with Gasteiger partial charge in [0.2, 0.25) is 5.91 Å². The first kappa shape index (κ1) is 18.4. The molecule has 1 fully saturated rings. The number of nitrogens with one attached hydrogen (secondary N) is 1. The Morgan fingerprint density at radius 2 is 2.04 bits per heavy atom. The number of amides is 1. The van der Waals surface area contributed by atoms with E-state index < -0.39 is 0 Å². The molecular weight excluding hydrogens is 360 g/mol. The van der Waals surface area contributed by atoms with E-state index in [1.54, 1.807) is 11.3 Å². The number of aryl methyl sites for hydroxylation is 1. The third-order valence-electron chi connectivity index (χ3n) is 5.18. The van der Waals surface area contributed by atoms with Gasteiger partial charge in [0.25, 0.3) is 0 Å². The van der Waals surface area contributed by atoms with Crippen LogP contribution in [0.5, 0.6) is 5.75 Å². The molecule has 1 unspecified atom stereocenters. The number of carbonyl (C=O) groups excluding carboxylic acids is 1. The van der Waals surface area contributed by atoms with Crippen LogP contribution < -0.4 is 10.1 Å². The molecule has 0 radical (unpaired) electrons. The van der Waals surface area contributed by atoms with E-state index in [-0.39, 0.29) is 11.9 Å². The predicted octanol–water partition coefficient (Wildman–Crippen LogP) is 2.21. The number of piperazine rings is 1. The first-order chi connectivity index (χ1) is 13.2. The van der Waals surface area contributed by atoms with Gasteiger partial charge in [0.05, 0.1) is 29.9 Å². The lowest BCUT2D eigenvalue weighted by Gasteiger charge is -2.34. The van der Waals surface area contributed by atoms with E-state index >= 15 is 0 Å². The van der Waals surface area contributed by atoms with Crippen LogP contribution in [0.3, 0.4) is 0 Å². The van der Waals surface area contributed by atoms with E-state index in [4.69, 9.17) is 4.74 Å². The number of carbonyl (C=O) groups is 1. The summed E-state index contributed by atoms with van der Waals surface area (Å²) in [5.41, 5.74) is 2.24. The normalized spacial score (nSPS) is 20.7. The van der Waals surface area contributed by atoms with Gasteiger partial charge in [-0.15, -0.1) is 11.3 Å². The van der Waals surface area contributed by atoms with E-state index in [0.29, 0.717) is 13.2 Å². The maximum Gasteiger partial charge on any atom is 0.234 e. The molecule has 4 rings (SSSR count). The second-order valence-electron chi connectivity index (χ2n) is 7.21. The number of hydrogen-bond acceptors (Lipinski definition) is 6. The highest BCUT2D eigenvalue weighted by Crippen LogP contribution is 2.31. The summed E-state index contributed by atoms with van der Waals surface area (Å²) in [6.07, 6.45) is 0.823. The zero-order valence-electron chi connectivity index (χ0n) is 15.7. The summed E-state index contributed by atoms with van der Waals surface area (Å²) in [6.45, 7) is 7.85. The van der Waals surface area contributed by atoms with E-state index in [9.17, 15) is 4.79 Å². The molecule has 0 saturated carbocycles. The number of rotatable bonds is 5. The zero-order chi connectivity index (χ0) is 18.6. The van der Waals surface area contributed by atoms with Crippen molar-refractivity contribution in [1.82, 2.24) is 20.1 Å². The summed E-state index contributed by atoms with van der Waals surface area (Å²) in [7, 11) is 0. The lowest BCUT2D eigenvalue weighted by Crippen LogP contribution is -2.49. The SMILES string of the molecule is Cc1nc(CN2CCN(CC(=O)NC3CCOc4ccccc43)CC2)cs1. The highest BCUT2D eigenvalue weighted by atomic mass is 32.1. The van der Waals surface area contributed by atoms with Gasteiger partial charge in [-0.2, -0.15) is 0 Å². The lowest BCUT2D eigenvalue weighted by atomic mass is 10.0. The van der Waals surface area contributed by atoms with E-state index in [2.05, 4.69) is 25.5 Å². The van der Waals surface area contributed by atoms with Crippen molar-refractivity contribution in [2.45, 2.75) is 25.9 Å². The molecule has 1 atom stereocenters. The van der Waals surface area contributed by atoms with Crippen LogP contribution in [-0.2, 0) is 11.3 Å². The van der Waals surface area contributed by atoms with Gasteiger partial charge in [0, 0.05) is 50.1 Å². The number of ether oxygens (including phenoxy) is 1. The van der Waals surface area contributed by atoms with Gasteiger partial charge in [0.1, 0.15) is 5.75 Å². The van der Waals surface area contributed by atoms with Crippen LogP contribution >= 0.6 is 11.3 Å². The quantitative estimate of drug-likeness (QED) is 0.854. The summed E-state index contributed by atoms with van der Waals surface area (Å²) in [6, 6.07) is 8.02. The number of nitrogens with zero attached hydrogens (tertiary/aromatic N) is 3. The Hall–Kier alpha value is -1.96. The van der Waals surface area contributed by atoms with Gasteiger partial charge in [-0.05, 0) is 13.0 Å². The van der Waals surface area contributed by atoms with E-state index in [0.717, 1.165) is 61.2 Å². The molecule has 1 saturated heterocycles. The van der Waals surface area contributed by atoms with E-state index in [1.807, 2.05) is 31.2 Å². The minimum absolute atomic E-state index is 0.0524. The maximum absolute atomic E-state index is 12.5. The van der Waals surface area contributed by atoms with Crippen LogP contribution in [0.15, 0.2) is 29.6 Å². The number of benzene rings is 1. The molecule has 3 heterocycles. The maximum atomic E-state index is 12.5. The minimum Gasteiger partial charge on any atom is -0.493 e. The summed E-state index contributed by atoms with van der Waals surface area (Å²) in [4.78, 5) is 21.7. The van der Waals surface area contributed by atoms with Gasteiger partial charge in [-0.25, -0.2) is 4.98 Å². The predicted molar refractivity (Wildman–Crippen MR) is 106 cm³/mol. The third-order valence-corrected chi connectivity index (χ3v) is 6.00. The lowest BCUT2D eigenvalue weighted by molar-refractivity contribution is -0.123. The third kappa shape index (κ3) is 4.66. The molecule has 27 heavy (non-hydrogen) atoms.